The minimum absolute atomic E-state index is 0.145. The van der Waals surface area contributed by atoms with E-state index in [1.54, 1.807) is 18.2 Å². The third-order valence-electron chi connectivity index (χ3n) is 3.38. The average Bonchev–Trinajstić information content (AvgIpc) is 2.37. The van der Waals surface area contributed by atoms with E-state index in [0.29, 0.717) is 25.3 Å². The monoisotopic (exact) mass is 272 g/mol. The van der Waals surface area contributed by atoms with Gasteiger partial charge in [0, 0.05) is 24.7 Å². The van der Waals surface area contributed by atoms with Crippen molar-refractivity contribution in [3.05, 3.63) is 34.6 Å². The highest BCUT2D eigenvalue weighted by Crippen LogP contribution is 2.29. The molecule has 3 nitrogen and oxygen atoms in total. The second kappa shape index (κ2) is 5.97. The van der Waals surface area contributed by atoms with Crippen LogP contribution in [-0.4, -0.2) is 37.2 Å². The van der Waals surface area contributed by atoms with Gasteiger partial charge in [-0.1, -0.05) is 23.7 Å². The van der Waals surface area contributed by atoms with Crippen LogP contribution in [0.2, 0.25) is 5.02 Å². The Hall–Kier alpha value is -0.680. The van der Waals surface area contributed by atoms with Gasteiger partial charge in [0.05, 0.1) is 24.3 Å². The van der Waals surface area contributed by atoms with Crippen molar-refractivity contribution in [3.8, 4) is 0 Å². The van der Waals surface area contributed by atoms with Gasteiger partial charge in [-0.2, -0.15) is 0 Å². The summed E-state index contributed by atoms with van der Waals surface area (Å²) in [5, 5.41) is 0.145. The molecule has 1 aliphatic heterocycles. The molecule has 0 spiro atoms. The van der Waals surface area contributed by atoms with Crippen molar-refractivity contribution in [2.45, 2.75) is 19.0 Å². The molecule has 2 unspecified atom stereocenters. The van der Waals surface area contributed by atoms with Gasteiger partial charge in [-0.05, 0) is 13.0 Å². The number of benzene rings is 1. The molecule has 1 saturated heterocycles. The molecule has 0 aromatic heterocycles. The van der Waals surface area contributed by atoms with Crippen LogP contribution >= 0.6 is 11.6 Å². The standard InChI is InChI=1S/C13H18ClFN2O/c1-9-8-18-6-5-17(9)12(7-16)10-3-2-4-11(14)13(10)15/h2-4,9,12H,5-8,16H2,1H3. The van der Waals surface area contributed by atoms with E-state index in [0.717, 1.165) is 6.54 Å². The molecule has 0 radical (unpaired) electrons. The summed E-state index contributed by atoms with van der Waals surface area (Å²) in [6.45, 7) is 4.49. The molecule has 1 aromatic carbocycles. The molecule has 1 aliphatic rings. The van der Waals surface area contributed by atoms with E-state index < -0.39 is 0 Å². The van der Waals surface area contributed by atoms with Crippen molar-refractivity contribution < 1.29 is 9.13 Å². The summed E-state index contributed by atoms with van der Waals surface area (Å²) in [4.78, 5) is 2.18. The van der Waals surface area contributed by atoms with Crippen LogP contribution in [0.1, 0.15) is 18.5 Å². The third-order valence-corrected chi connectivity index (χ3v) is 3.67. The fourth-order valence-corrected chi connectivity index (χ4v) is 2.60. The molecule has 0 aliphatic carbocycles. The zero-order valence-electron chi connectivity index (χ0n) is 10.4. The zero-order valence-corrected chi connectivity index (χ0v) is 11.2. The zero-order chi connectivity index (χ0) is 13.1. The fourth-order valence-electron chi connectivity index (χ4n) is 2.42. The van der Waals surface area contributed by atoms with Crippen molar-refractivity contribution in [1.82, 2.24) is 4.90 Å². The van der Waals surface area contributed by atoms with Crippen LogP contribution in [0.25, 0.3) is 0 Å². The second-order valence-electron chi connectivity index (χ2n) is 4.56. The van der Waals surface area contributed by atoms with Crippen molar-refractivity contribution in [2.24, 2.45) is 5.73 Å². The first kappa shape index (κ1) is 13.7. The smallest absolute Gasteiger partial charge is 0.146 e. The van der Waals surface area contributed by atoms with Crippen LogP contribution in [0.3, 0.4) is 0 Å². The summed E-state index contributed by atoms with van der Waals surface area (Å²) in [7, 11) is 0. The van der Waals surface area contributed by atoms with E-state index in [-0.39, 0.29) is 22.9 Å². The van der Waals surface area contributed by atoms with E-state index >= 15 is 0 Å². The van der Waals surface area contributed by atoms with Gasteiger partial charge in [0.1, 0.15) is 5.82 Å². The van der Waals surface area contributed by atoms with Gasteiger partial charge < -0.3 is 10.5 Å². The van der Waals surface area contributed by atoms with Crippen molar-refractivity contribution in [2.75, 3.05) is 26.3 Å². The second-order valence-corrected chi connectivity index (χ2v) is 4.96. The molecule has 100 valence electrons. The van der Waals surface area contributed by atoms with Gasteiger partial charge in [-0.15, -0.1) is 0 Å². The van der Waals surface area contributed by atoms with Gasteiger partial charge in [0.25, 0.3) is 0 Å². The molecule has 1 heterocycles. The van der Waals surface area contributed by atoms with Crippen molar-refractivity contribution in [3.63, 3.8) is 0 Å². The number of nitrogens with zero attached hydrogens (tertiary/aromatic N) is 1. The maximum Gasteiger partial charge on any atom is 0.146 e. The molecule has 0 saturated carbocycles. The molecule has 2 N–H and O–H groups in total. The first-order valence-electron chi connectivity index (χ1n) is 6.12. The van der Waals surface area contributed by atoms with Gasteiger partial charge >= 0.3 is 0 Å². The lowest BCUT2D eigenvalue weighted by molar-refractivity contribution is -0.0215. The van der Waals surface area contributed by atoms with E-state index in [1.165, 1.54) is 0 Å². The summed E-state index contributed by atoms with van der Waals surface area (Å²) in [6.07, 6.45) is 0. The van der Waals surface area contributed by atoms with Crippen LogP contribution in [0.4, 0.5) is 4.39 Å². The molecule has 1 aromatic rings. The van der Waals surface area contributed by atoms with Crippen molar-refractivity contribution >= 4 is 11.6 Å². The van der Waals surface area contributed by atoms with Crippen LogP contribution in [0, 0.1) is 5.82 Å². The number of rotatable bonds is 3. The highest BCUT2D eigenvalue weighted by Gasteiger charge is 2.28. The lowest BCUT2D eigenvalue weighted by Crippen LogP contribution is -2.47. The fraction of sp³-hybridized carbons (Fsp3) is 0.538. The molecule has 18 heavy (non-hydrogen) atoms. The first-order chi connectivity index (χ1) is 8.65. The molecule has 2 rings (SSSR count). The van der Waals surface area contributed by atoms with Crippen LogP contribution in [-0.2, 0) is 4.74 Å². The number of ether oxygens (including phenoxy) is 1. The summed E-state index contributed by atoms with van der Waals surface area (Å²) >= 11 is 5.83. The first-order valence-corrected chi connectivity index (χ1v) is 6.50. The Morgan fingerprint density at radius 1 is 1.61 bits per heavy atom. The molecule has 5 heteroatoms. The number of hydrogen-bond donors (Lipinski definition) is 1. The molecular weight excluding hydrogens is 255 g/mol. The molecule has 0 bridgehead atoms. The minimum Gasteiger partial charge on any atom is -0.379 e. The number of morpholine rings is 1. The van der Waals surface area contributed by atoms with E-state index in [2.05, 4.69) is 11.8 Å². The van der Waals surface area contributed by atoms with Gasteiger partial charge in [-0.3, -0.25) is 4.90 Å². The van der Waals surface area contributed by atoms with Crippen molar-refractivity contribution in [1.29, 1.82) is 0 Å². The lowest BCUT2D eigenvalue weighted by atomic mass is 10.0. The molecular formula is C13H18ClFN2O. The van der Waals surface area contributed by atoms with Gasteiger partial charge in [-0.25, -0.2) is 4.39 Å². The third kappa shape index (κ3) is 2.67. The largest absolute Gasteiger partial charge is 0.379 e. The number of hydrogen-bond acceptors (Lipinski definition) is 3. The SMILES string of the molecule is CC1COCCN1C(CN)c1cccc(Cl)c1F. The Morgan fingerprint density at radius 3 is 3.06 bits per heavy atom. The quantitative estimate of drug-likeness (QED) is 0.917. The van der Waals surface area contributed by atoms with Crippen LogP contribution in [0.5, 0.6) is 0 Å². The Bertz CT molecular complexity index is 416. The summed E-state index contributed by atoms with van der Waals surface area (Å²) < 4.78 is 19.5. The predicted octanol–water partition coefficient (Wildman–Crippen LogP) is 2.20. The summed E-state index contributed by atoms with van der Waals surface area (Å²) in [6, 6.07) is 5.14. The number of halogens is 2. The van der Waals surface area contributed by atoms with Crippen LogP contribution in [0.15, 0.2) is 18.2 Å². The Balaban J connectivity index is 2.29. The Kier molecular flexibility index (Phi) is 4.56. The normalized spacial score (nSPS) is 23.0. The lowest BCUT2D eigenvalue weighted by Gasteiger charge is -2.39. The van der Waals surface area contributed by atoms with E-state index in [4.69, 9.17) is 22.1 Å². The topological polar surface area (TPSA) is 38.5 Å². The Morgan fingerprint density at radius 2 is 2.39 bits per heavy atom. The van der Waals surface area contributed by atoms with Gasteiger partial charge in [0.15, 0.2) is 0 Å². The maximum absolute atomic E-state index is 14.1. The predicted molar refractivity (Wildman–Crippen MR) is 70.2 cm³/mol. The van der Waals surface area contributed by atoms with E-state index in [1.807, 2.05) is 0 Å². The molecule has 0 amide bonds. The molecule has 1 fully saturated rings. The molecule has 2 atom stereocenters. The highest BCUT2D eigenvalue weighted by molar-refractivity contribution is 6.30. The number of nitrogens with two attached hydrogens (primary N) is 1. The van der Waals surface area contributed by atoms with Gasteiger partial charge in [0.2, 0.25) is 0 Å². The average molecular weight is 273 g/mol. The van der Waals surface area contributed by atoms with Crippen LogP contribution < -0.4 is 5.73 Å². The minimum atomic E-state index is -0.367. The Labute approximate surface area is 112 Å². The summed E-state index contributed by atoms with van der Waals surface area (Å²) in [5.41, 5.74) is 6.39. The highest BCUT2D eigenvalue weighted by atomic mass is 35.5. The van der Waals surface area contributed by atoms with E-state index in [9.17, 15) is 4.39 Å². The summed E-state index contributed by atoms with van der Waals surface area (Å²) in [5.74, 6) is -0.367. The maximum atomic E-state index is 14.1.